The van der Waals surface area contributed by atoms with Gasteiger partial charge in [0.15, 0.2) is 5.78 Å². The fraction of sp³-hybridized carbons (Fsp3) is 0.910. The van der Waals surface area contributed by atoms with Gasteiger partial charge in [0.05, 0.1) is 5.41 Å². The van der Waals surface area contributed by atoms with Crippen LogP contribution < -0.4 is 0 Å². The number of fused-ring (bicyclic) bond motifs is 14. The molecule has 8 saturated carbocycles. The van der Waals surface area contributed by atoms with Gasteiger partial charge < -0.3 is 10.2 Å². The normalized spacial score (nSPS) is 50.9. The number of carbonyl (C=O) groups excluding carboxylic acids is 1. The minimum absolute atomic E-state index is 0.126. The highest BCUT2D eigenvalue weighted by molar-refractivity contribution is 14.1. The summed E-state index contributed by atoms with van der Waals surface area (Å²) >= 11 is 2.29. The molecule has 72 heavy (non-hydrogen) atoms. The Morgan fingerprint density at radius 1 is 0.528 bits per heavy atom. The maximum Gasteiger partial charge on any atom is 0.310 e. The summed E-state index contributed by atoms with van der Waals surface area (Å²) < 4.78 is 1.22. The summed E-state index contributed by atoms with van der Waals surface area (Å²) in [4.78, 5) is 26.2. The number of carbonyl (C=O) groups is 2. The average molecular weight is 1110 g/mol. The second-order valence-corrected chi connectivity index (χ2v) is 34.0. The van der Waals surface area contributed by atoms with E-state index in [4.69, 9.17) is 0 Å². The molecule has 0 unspecified atom stereocenters. The number of halogens is 1. The largest absolute Gasteiger partial charge is 0.481 e. The van der Waals surface area contributed by atoms with Crippen molar-refractivity contribution in [2.24, 2.45) is 124 Å². The number of hydrogen-bond acceptors (Lipinski definition) is 3. The van der Waals surface area contributed by atoms with E-state index in [1.165, 1.54) is 49.4 Å². The molecule has 0 aliphatic heterocycles. The number of aliphatic carboxylic acids is 1. The molecule has 10 rings (SSSR count). The monoisotopic (exact) mass is 1110 g/mol. The molecule has 18 atom stereocenters. The summed E-state index contributed by atoms with van der Waals surface area (Å²) in [5.41, 5.74) is 5.23. The summed E-state index contributed by atoms with van der Waals surface area (Å²) in [6, 6.07) is 0. The van der Waals surface area contributed by atoms with Gasteiger partial charge >= 0.3 is 5.97 Å². The zero-order valence-corrected chi connectivity index (χ0v) is 52.3. The molecule has 0 bridgehead atoms. The summed E-state index contributed by atoms with van der Waals surface area (Å²) in [7, 11) is 0. The van der Waals surface area contributed by atoms with Gasteiger partial charge in [-0.3, -0.25) is 9.59 Å². The second-order valence-electron chi connectivity index (χ2n) is 32.5. The maximum atomic E-state index is 13.4. The number of ketones is 1. The molecule has 410 valence electrons. The first-order chi connectivity index (χ1) is 33.1. The standard InChI is InChI=1S/C33H54O2.C32H52O2.C2H5I/c1-21-18-30(7)25(29(5,6)22(21)2)12-13-32(9)26(30)11-10-23-24-19-28(3,4)14-16-33(24,27(35)20-34)17-15-31(23,32)8;1-20-18-29(7)24(28(5,6)21(20)2)12-13-31(9)25(29)11-10-22-23-19-27(3,4)14-16-32(23,26(33)34)17-15-30(22,31)8;1-2-3/h10,21-22,24-26,34H,11-20H2,1-9H3;10,20-21,23-25H,11-19H2,1-9H3,(H,33,34);2H2,1H3/t21-,22+,24-,25-,26+,30-,31+,32+,33-;20-,21+,23-,24-,25+,29-,30+,31+,32-;/m00./s1. The van der Waals surface area contributed by atoms with Crippen LogP contribution in [-0.2, 0) is 9.59 Å². The number of aliphatic hydroxyl groups is 1. The quantitative estimate of drug-likeness (QED) is 0.168. The van der Waals surface area contributed by atoms with Crippen molar-refractivity contribution in [1.82, 2.24) is 0 Å². The number of alkyl halides is 1. The second kappa shape index (κ2) is 18.4. The van der Waals surface area contributed by atoms with Gasteiger partial charge in [-0.1, -0.05) is 177 Å². The minimum Gasteiger partial charge on any atom is -0.481 e. The van der Waals surface area contributed by atoms with Gasteiger partial charge in [-0.05, 0) is 233 Å². The van der Waals surface area contributed by atoms with Crippen molar-refractivity contribution in [1.29, 1.82) is 0 Å². The van der Waals surface area contributed by atoms with E-state index in [-0.39, 0.29) is 56.2 Å². The molecular formula is C67H111IO4. The summed E-state index contributed by atoms with van der Waals surface area (Å²) in [5, 5.41) is 20.6. The van der Waals surface area contributed by atoms with Crippen molar-refractivity contribution in [2.45, 2.75) is 247 Å². The van der Waals surface area contributed by atoms with Crippen LogP contribution in [0.25, 0.3) is 0 Å². The predicted octanol–water partition coefficient (Wildman–Crippen LogP) is 18.4. The molecule has 0 aromatic carbocycles. The third-order valence-electron chi connectivity index (χ3n) is 28.3. The molecule has 2 N–H and O–H groups in total. The van der Waals surface area contributed by atoms with Crippen LogP contribution in [0.3, 0.4) is 0 Å². The van der Waals surface area contributed by atoms with Crippen LogP contribution in [-0.4, -0.2) is 33.0 Å². The van der Waals surface area contributed by atoms with Crippen LogP contribution in [0.2, 0.25) is 0 Å². The van der Waals surface area contributed by atoms with E-state index in [2.05, 4.69) is 166 Å². The van der Waals surface area contributed by atoms with Crippen LogP contribution in [0.5, 0.6) is 0 Å². The van der Waals surface area contributed by atoms with Crippen LogP contribution in [0.15, 0.2) is 23.3 Å². The fourth-order valence-corrected chi connectivity index (χ4v) is 23.1. The smallest absolute Gasteiger partial charge is 0.310 e. The Balaban J connectivity index is 0.000000183. The molecule has 0 saturated heterocycles. The number of aliphatic hydroxyl groups excluding tert-OH is 1. The van der Waals surface area contributed by atoms with E-state index in [0.29, 0.717) is 33.5 Å². The number of rotatable bonds is 3. The van der Waals surface area contributed by atoms with Gasteiger partial charge in [-0.15, -0.1) is 0 Å². The van der Waals surface area contributed by atoms with Gasteiger partial charge in [-0.25, -0.2) is 0 Å². The number of hydrogen-bond donors (Lipinski definition) is 2. The predicted molar refractivity (Wildman–Crippen MR) is 310 cm³/mol. The van der Waals surface area contributed by atoms with Crippen molar-refractivity contribution < 1.29 is 19.8 Å². The first-order valence-electron chi connectivity index (χ1n) is 30.4. The van der Waals surface area contributed by atoms with E-state index in [0.717, 1.165) is 112 Å². The minimum atomic E-state index is -0.526. The zero-order chi connectivity index (χ0) is 53.6. The van der Waals surface area contributed by atoms with Crippen LogP contribution in [0.1, 0.15) is 247 Å². The topological polar surface area (TPSA) is 74.6 Å². The van der Waals surface area contributed by atoms with Gasteiger partial charge in [0.25, 0.3) is 0 Å². The average Bonchev–Trinajstić information content (AvgIpc) is 3.27. The van der Waals surface area contributed by atoms with Gasteiger partial charge in [0, 0.05) is 5.41 Å². The molecule has 0 spiro atoms. The third-order valence-corrected chi connectivity index (χ3v) is 28.3. The number of Topliss-reactive ketones (excluding diaryl/α,β-unsaturated/α-hetero) is 1. The van der Waals surface area contributed by atoms with E-state index in [9.17, 15) is 19.8 Å². The molecule has 0 aromatic heterocycles. The van der Waals surface area contributed by atoms with Crippen molar-refractivity contribution >= 4 is 34.3 Å². The van der Waals surface area contributed by atoms with Crippen LogP contribution in [0.4, 0.5) is 0 Å². The van der Waals surface area contributed by atoms with Crippen molar-refractivity contribution in [2.75, 3.05) is 11.0 Å². The van der Waals surface area contributed by atoms with Gasteiger partial charge in [0.2, 0.25) is 0 Å². The highest BCUT2D eigenvalue weighted by Gasteiger charge is 2.72. The molecule has 10 aliphatic rings. The third kappa shape index (κ3) is 7.98. The summed E-state index contributed by atoms with van der Waals surface area (Å²) in [5.74, 6) is 6.24. The molecule has 0 heterocycles. The van der Waals surface area contributed by atoms with Crippen LogP contribution >= 0.6 is 22.6 Å². The van der Waals surface area contributed by atoms with E-state index in [1.807, 2.05) is 0 Å². The molecule has 10 aliphatic carbocycles. The lowest BCUT2D eigenvalue weighted by molar-refractivity contribution is -0.204. The molecular weight excluding hydrogens is 996 g/mol. The van der Waals surface area contributed by atoms with E-state index in [1.54, 1.807) is 11.1 Å². The molecule has 4 nitrogen and oxygen atoms in total. The lowest BCUT2D eigenvalue weighted by atomic mass is 9.32. The fourth-order valence-electron chi connectivity index (χ4n) is 23.1. The Morgan fingerprint density at radius 2 is 0.875 bits per heavy atom. The molecule has 8 fully saturated rings. The van der Waals surface area contributed by atoms with Gasteiger partial charge in [-0.2, -0.15) is 0 Å². The summed E-state index contributed by atoms with van der Waals surface area (Å²) in [6.07, 6.45) is 25.8. The zero-order valence-electron chi connectivity index (χ0n) is 50.2. The van der Waals surface area contributed by atoms with Crippen molar-refractivity contribution in [3.8, 4) is 0 Å². The molecule has 0 aromatic rings. The highest BCUT2D eigenvalue weighted by atomic mass is 127. The lowest BCUT2D eigenvalue weighted by Gasteiger charge is -2.72. The first-order valence-corrected chi connectivity index (χ1v) is 31.9. The Hall–Kier alpha value is -0.690. The van der Waals surface area contributed by atoms with E-state index >= 15 is 0 Å². The number of carboxylic acids is 1. The van der Waals surface area contributed by atoms with Gasteiger partial charge in [0.1, 0.15) is 6.61 Å². The highest BCUT2D eigenvalue weighted by Crippen LogP contribution is 2.79. The molecule has 5 heteroatoms. The summed E-state index contributed by atoms with van der Waals surface area (Å²) in [6.45, 7) is 47.5. The lowest BCUT2D eigenvalue weighted by Crippen LogP contribution is -2.65. The Bertz CT molecular complexity index is 2160. The van der Waals surface area contributed by atoms with E-state index < -0.39 is 11.4 Å². The SMILES string of the molecule is CCI.C[C@@H]1[C@@H](C)C[C@]2(C)[C@H]3CC=C4[C@@H]5CC(C)(C)CC[C@]5(C(=O)CO)CC[C@@]4(C)[C@]3(C)CC[C@H]2C1(C)C.C[C@@H]1[C@@H](C)C[C@]2(C)[C@H]3CC=C4[C@@H]5CC(C)(C)CC[C@]5(C(=O)O)CC[C@@]4(C)[C@]3(C)CC[C@H]2C1(C)C. The molecule has 0 amide bonds. The Morgan fingerprint density at radius 3 is 1.25 bits per heavy atom. The van der Waals surface area contributed by atoms with Crippen molar-refractivity contribution in [3.05, 3.63) is 23.3 Å². The Kier molecular flexibility index (Phi) is 14.7. The Labute approximate surface area is 457 Å². The number of allylic oxidation sites excluding steroid dienone is 4. The molecule has 0 radical (unpaired) electrons. The van der Waals surface area contributed by atoms with Crippen molar-refractivity contribution in [3.63, 3.8) is 0 Å². The van der Waals surface area contributed by atoms with Crippen LogP contribution in [0, 0.1) is 124 Å². The maximum absolute atomic E-state index is 13.4. The number of carboxylic acid groups (broad SMARTS) is 1. The first kappa shape index (κ1) is 57.5.